The van der Waals surface area contributed by atoms with Crippen molar-refractivity contribution in [3.05, 3.63) is 11.8 Å². The number of nitrogen functional groups attached to an aromatic ring is 1. The predicted molar refractivity (Wildman–Crippen MR) is 59.5 cm³/mol. The van der Waals surface area contributed by atoms with Gasteiger partial charge in [-0.15, -0.1) is 0 Å². The fourth-order valence-electron chi connectivity index (χ4n) is 1.60. The number of nitrogens with zero attached hydrogens (tertiary/aromatic N) is 3. The van der Waals surface area contributed by atoms with Crippen LogP contribution in [-0.4, -0.2) is 59.2 Å². The predicted octanol–water partition coefficient (Wildman–Crippen LogP) is -1.12. The summed E-state index contributed by atoms with van der Waals surface area (Å²) < 4.78 is 0. The third kappa shape index (κ3) is 2.31. The van der Waals surface area contributed by atoms with E-state index in [0.29, 0.717) is 11.4 Å². The van der Waals surface area contributed by atoms with Gasteiger partial charge in [-0.2, -0.15) is 5.10 Å². The summed E-state index contributed by atoms with van der Waals surface area (Å²) in [5.74, 6) is 0.0856. The Bertz CT molecular complexity index is 368. The first kappa shape index (κ1) is 10.9. The molecule has 1 aliphatic rings. The van der Waals surface area contributed by atoms with Crippen LogP contribution in [0.15, 0.2) is 6.20 Å². The van der Waals surface area contributed by atoms with Crippen molar-refractivity contribution in [2.45, 2.75) is 0 Å². The molecular formula is C9H16N6O. The van der Waals surface area contributed by atoms with E-state index >= 15 is 0 Å². The van der Waals surface area contributed by atoms with Crippen molar-refractivity contribution in [2.75, 3.05) is 39.0 Å². The average Bonchev–Trinajstić information content (AvgIpc) is 2.68. The minimum Gasteiger partial charge on any atom is -0.383 e. The number of carbonyl (C=O) groups excluding carboxylic acids is 1. The van der Waals surface area contributed by atoms with Crippen molar-refractivity contribution in [3.8, 4) is 0 Å². The maximum Gasteiger partial charge on any atom is 0.270 e. The number of nitrogens with two attached hydrogens (primary N) is 1. The zero-order chi connectivity index (χ0) is 11.5. The first-order chi connectivity index (χ1) is 7.66. The smallest absolute Gasteiger partial charge is 0.270 e. The lowest BCUT2D eigenvalue weighted by atomic mass is 10.3. The van der Waals surface area contributed by atoms with Gasteiger partial charge in [-0.05, 0) is 7.05 Å². The maximum atomic E-state index is 11.8. The zero-order valence-electron chi connectivity index (χ0n) is 9.23. The highest BCUT2D eigenvalue weighted by atomic mass is 16.2. The van der Waals surface area contributed by atoms with E-state index in [4.69, 9.17) is 5.73 Å². The third-order valence-electron chi connectivity index (χ3n) is 2.68. The summed E-state index contributed by atoms with van der Waals surface area (Å²) in [4.78, 5) is 14.0. The Morgan fingerprint density at radius 2 is 2.19 bits per heavy atom. The number of anilines is 1. The first-order valence-electron chi connectivity index (χ1n) is 5.20. The van der Waals surface area contributed by atoms with E-state index in [0.717, 1.165) is 26.2 Å². The molecule has 1 saturated heterocycles. The number of H-pyrrole nitrogens is 1. The molecule has 7 heteroatoms. The minimum absolute atomic E-state index is 0.212. The van der Waals surface area contributed by atoms with Crippen LogP contribution in [0.3, 0.4) is 0 Å². The Labute approximate surface area is 93.6 Å². The molecule has 88 valence electrons. The van der Waals surface area contributed by atoms with Crippen molar-refractivity contribution in [3.63, 3.8) is 0 Å². The second-order valence-electron chi connectivity index (χ2n) is 3.93. The number of amides is 1. The number of piperazine rings is 1. The molecule has 0 aliphatic carbocycles. The molecule has 0 atom stereocenters. The number of likely N-dealkylation sites (N-methyl/N-ethyl adjacent to an activating group) is 1. The molecule has 16 heavy (non-hydrogen) atoms. The van der Waals surface area contributed by atoms with Gasteiger partial charge in [0, 0.05) is 26.2 Å². The SMILES string of the molecule is CN1CCN(NC(=O)c2cn[nH]c2N)CC1. The second kappa shape index (κ2) is 4.50. The Morgan fingerprint density at radius 1 is 1.50 bits per heavy atom. The molecule has 0 bridgehead atoms. The first-order valence-corrected chi connectivity index (χ1v) is 5.20. The highest BCUT2D eigenvalue weighted by Crippen LogP contribution is 2.06. The van der Waals surface area contributed by atoms with Gasteiger partial charge in [0.15, 0.2) is 0 Å². The fraction of sp³-hybridized carbons (Fsp3) is 0.556. The number of hydrazine groups is 1. The van der Waals surface area contributed by atoms with Gasteiger partial charge in [0.1, 0.15) is 11.4 Å². The molecule has 0 aromatic carbocycles. The standard InChI is InChI=1S/C9H16N6O/c1-14-2-4-15(5-3-14)13-9(16)7-6-11-12-8(7)10/h6H,2-5H2,1H3,(H,13,16)(H3,10,11,12). The Kier molecular flexibility index (Phi) is 3.07. The van der Waals surface area contributed by atoms with Gasteiger partial charge >= 0.3 is 0 Å². The summed E-state index contributed by atoms with van der Waals surface area (Å²) in [6.07, 6.45) is 1.43. The van der Waals surface area contributed by atoms with Gasteiger partial charge in [-0.1, -0.05) is 0 Å². The van der Waals surface area contributed by atoms with E-state index in [9.17, 15) is 4.79 Å². The van der Waals surface area contributed by atoms with Gasteiger partial charge in [-0.25, -0.2) is 5.01 Å². The number of aromatic amines is 1. The van der Waals surface area contributed by atoms with Gasteiger partial charge < -0.3 is 10.6 Å². The maximum absolute atomic E-state index is 11.8. The van der Waals surface area contributed by atoms with E-state index in [1.165, 1.54) is 6.20 Å². The molecule has 1 amide bonds. The normalized spacial score (nSPS) is 18.6. The van der Waals surface area contributed by atoms with Crippen LogP contribution < -0.4 is 11.2 Å². The van der Waals surface area contributed by atoms with Crippen molar-refractivity contribution in [1.82, 2.24) is 25.5 Å². The molecule has 7 nitrogen and oxygen atoms in total. The van der Waals surface area contributed by atoms with Crippen LogP contribution in [0.2, 0.25) is 0 Å². The van der Waals surface area contributed by atoms with Crippen molar-refractivity contribution in [2.24, 2.45) is 0 Å². The molecule has 0 saturated carbocycles. The Morgan fingerprint density at radius 3 is 2.75 bits per heavy atom. The molecule has 0 unspecified atom stereocenters. The van der Waals surface area contributed by atoms with Gasteiger partial charge in [0.2, 0.25) is 0 Å². The molecule has 1 aliphatic heterocycles. The number of rotatable bonds is 2. The van der Waals surface area contributed by atoms with Gasteiger partial charge in [0.05, 0.1) is 6.20 Å². The minimum atomic E-state index is -0.212. The summed E-state index contributed by atoms with van der Waals surface area (Å²) in [5.41, 5.74) is 8.76. The Hall–Kier alpha value is -1.60. The zero-order valence-corrected chi connectivity index (χ0v) is 9.23. The largest absolute Gasteiger partial charge is 0.383 e. The summed E-state index contributed by atoms with van der Waals surface area (Å²) in [5, 5.41) is 8.14. The topological polar surface area (TPSA) is 90.3 Å². The van der Waals surface area contributed by atoms with E-state index in [1.807, 2.05) is 5.01 Å². The van der Waals surface area contributed by atoms with Crippen molar-refractivity contribution in [1.29, 1.82) is 0 Å². The number of aromatic nitrogens is 2. The fourth-order valence-corrected chi connectivity index (χ4v) is 1.60. The van der Waals surface area contributed by atoms with Crippen LogP contribution >= 0.6 is 0 Å². The average molecular weight is 224 g/mol. The monoisotopic (exact) mass is 224 g/mol. The lowest BCUT2D eigenvalue weighted by Crippen LogP contribution is -2.52. The highest BCUT2D eigenvalue weighted by molar-refractivity contribution is 5.97. The van der Waals surface area contributed by atoms with E-state index < -0.39 is 0 Å². The number of hydrogen-bond donors (Lipinski definition) is 3. The molecule has 2 heterocycles. The van der Waals surface area contributed by atoms with Gasteiger partial charge in [-0.3, -0.25) is 15.3 Å². The van der Waals surface area contributed by atoms with Crippen LogP contribution in [0, 0.1) is 0 Å². The Balaban J connectivity index is 1.91. The molecule has 0 radical (unpaired) electrons. The van der Waals surface area contributed by atoms with Crippen LogP contribution in [0.4, 0.5) is 5.82 Å². The third-order valence-corrected chi connectivity index (χ3v) is 2.68. The second-order valence-corrected chi connectivity index (χ2v) is 3.93. The van der Waals surface area contributed by atoms with E-state index in [-0.39, 0.29) is 5.91 Å². The molecule has 1 aromatic heterocycles. The van der Waals surface area contributed by atoms with Crippen LogP contribution in [-0.2, 0) is 0 Å². The van der Waals surface area contributed by atoms with Crippen LogP contribution in [0.1, 0.15) is 10.4 Å². The van der Waals surface area contributed by atoms with E-state index in [2.05, 4.69) is 27.6 Å². The molecule has 1 aromatic rings. The summed E-state index contributed by atoms with van der Waals surface area (Å²) in [7, 11) is 2.06. The van der Waals surface area contributed by atoms with E-state index in [1.54, 1.807) is 0 Å². The number of nitrogens with one attached hydrogen (secondary N) is 2. The molecule has 0 spiro atoms. The van der Waals surface area contributed by atoms with Gasteiger partial charge in [0.25, 0.3) is 5.91 Å². The molecule has 1 fully saturated rings. The number of hydrogen-bond acceptors (Lipinski definition) is 5. The number of carbonyl (C=O) groups is 1. The lowest BCUT2D eigenvalue weighted by Gasteiger charge is -2.32. The van der Waals surface area contributed by atoms with Crippen LogP contribution in [0.25, 0.3) is 0 Å². The quantitative estimate of drug-likeness (QED) is 0.592. The summed E-state index contributed by atoms with van der Waals surface area (Å²) in [6, 6.07) is 0. The van der Waals surface area contributed by atoms with Crippen molar-refractivity contribution >= 4 is 11.7 Å². The van der Waals surface area contributed by atoms with Crippen LogP contribution in [0.5, 0.6) is 0 Å². The molecular weight excluding hydrogens is 208 g/mol. The van der Waals surface area contributed by atoms with Crippen molar-refractivity contribution < 1.29 is 4.79 Å². The molecule has 2 rings (SSSR count). The lowest BCUT2D eigenvalue weighted by molar-refractivity contribution is 0.0663. The summed E-state index contributed by atoms with van der Waals surface area (Å²) >= 11 is 0. The summed E-state index contributed by atoms with van der Waals surface area (Å²) in [6.45, 7) is 3.53. The molecule has 4 N–H and O–H groups in total. The highest BCUT2D eigenvalue weighted by Gasteiger charge is 2.18.